The zero-order valence-corrected chi connectivity index (χ0v) is 11.9. The van der Waals surface area contributed by atoms with Crippen molar-refractivity contribution in [2.45, 2.75) is 52.9 Å². The minimum atomic E-state index is 0.153. The molecule has 0 radical (unpaired) electrons. The lowest BCUT2D eigenvalue weighted by molar-refractivity contribution is 0.319. The first-order valence-corrected chi connectivity index (χ1v) is 6.83. The van der Waals surface area contributed by atoms with Gasteiger partial charge in [-0.15, -0.1) is 11.3 Å². The first-order valence-electron chi connectivity index (χ1n) is 5.96. The average molecular weight is 240 g/mol. The maximum atomic E-state index is 5.83. The van der Waals surface area contributed by atoms with Crippen molar-refractivity contribution in [3.8, 4) is 0 Å². The average Bonchev–Trinajstić information content (AvgIpc) is 2.65. The molecule has 0 spiro atoms. The van der Waals surface area contributed by atoms with Crippen LogP contribution in [0.5, 0.6) is 0 Å². The molecule has 0 bridgehead atoms. The molecule has 1 aromatic heterocycles. The van der Waals surface area contributed by atoms with Crippen LogP contribution >= 0.6 is 11.3 Å². The summed E-state index contributed by atoms with van der Waals surface area (Å²) in [5.74, 6) is 0. The molecule has 0 aliphatic carbocycles. The fourth-order valence-corrected chi connectivity index (χ4v) is 2.68. The van der Waals surface area contributed by atoms with E-state index < -0.39 is 0 Å². The van der Waals surface area contributed by atoms with E-state index in [0.717, 1.165) is 19.4 Å². The molecule has 1 aromatic rings. The van der Waals surface area contributed by atoms with Crippen LogP contribution < -0.4 is 5.73 Å². The Morgan fingerprint density at radius 3 is 2.31 bits per heavy atom. The second-order valence-corrected chi connectivity index (χ2v) is 6.86. The van der Waals surface area contributed by atoms with Crippen molar-refractivity contribution in [2.24, 2.45) is 11.1 Å². The Labute approximate surface area is 103 Å². The summed E-state index contributed by atoms with van der Waals surface area (Å²) in [6, 6.07) is 0. The summed E-state index contributed by atoms with van der Waals surface area (Å²) < 4.78 is 0. The Bertz CT molecular complexity index is 332. The molecule has 3 heteroatoms. The first-order chi connectivity index (χ1) is 7.30. The zero-order chi connectivity index (χ0) is 12.4. The molecule has 1 atom stereocenters. The fourth-order valence-electron chi connectivity index (χ4n) is 1.44. The molecule has 0 fully saturated rings. The fraction of sp³-hybridized carbons (Fsp3) is 0.769. The van der Waals surface area contributed by atoms with Crippen molar-refractivity contribution in [1.29, 1.82) is 0 Å². The third-order valence-corrected chi connectivity index (χ3v) is 4.09. The summed E-state index contributed by atoms with van der Waals surface area (Å²) in [6.07, 6.45) is 2.11. The molecule has 1 rings (SSSR count). The highest BCUT2D eigenvalue weighted by atomic mass is 32.1. The molecule has 0 saturated heterocycles. The van der Waals surface area contributed by atoms with E-state index in [9.17, 15) is 0 Å². The number of hydrogen-bond donors (Lipinski definition) is 1. The van der Waals surface area contributed by atoms with E-state index in [1.54, 1.807) is 11.3 Å². The van der Waals surface area contributed by atoms with Crippen LogP contribution in [0, 0.1) is 5.41 Å². The molecule has 2 nitrogen and oxygen atoms in total. The molecule has 0 amide bonds. The topological polar surface area (TPSA) is 38.9 Å². The molecule has 16 heavy (non-hydrogen) atoms. The van der Waals surface area contributed by atoms with Gasteiger partial charge in [-0.3, -0.25) is 0 Å². The summed E-state index contributed by atoms with van der Waals surface area (Å²) in [5.41, 5.74) is 7.39. The number of aromatic nitrogens is 1. The van der Waals surface area contributed by atoms with Crippen LogP contribution in [-0.2, 0) is 11.8 Å². The van der Waals surface area contributed by atoms with Gasteiger partial charge in [-0.05, 0) is 18.4 Å². The van der Waals surface area contributed by atoms with Crippen molar-refractivity contribution in [3.63, 3.8) is 0 Å². The molecule has 2 N–H and O–H groups in total. The lowest BCUT2D eigenvalue weighted by Gasteiger charge is -2.25. The van der Waals surface area contributed by atoms with Crippen LogP contribution in [0.1, 0.15) is 51.7 Å². The second kappa shape index (κ2) is 4.84. The van der Waals surface area contributed by atoms with Crippen LogP contribution in [0.3, 0.4) is 0 Å². The lowest BCUT2D eigenvalue weighted by Crippen LogP contribution is -2.28. The van der Waals surface area contributed by atoms with E-state index in [2.05, 4.69) is 40.0 Å². The molecule has 0 aromatic carbocycles. The Morgan fingerprint density at radius 1 is 1.31 bits per heavy atom. The highest BCUT2D eigenvalue weighted by molar-refractivity contribution is 7.09. The minimum absolute atomic E-state index is 0.153. The lowest BCUT2D eigenvalue weighted by atomic mass is 9.84. The number of nitrogens with two attached hydrogens (primary N) is 1. The van der Waals surface area contributed by atoms with Gasteiger partial charge < -0.3 is 5.73 Å². The van der Waals surface area contributed by atoms with Crippen LogP contribution in [0.4, 0.5) is 0 Å². The van der Waals surface area contributed by atoms with Gasteiger partial charge in [0.15, 0.2) is 0 Å². The van der Waals surface area contributed by atoms with E-state index in [0.29, 0.717) is 0 Å². The Balaban J connectivity index is 2.80. The number of hydrogen-bond acceptors (Lipinski definition) is 3. The summed E-state index contributed by atoms with van der Waals surface area (Å²) >= 11 is 1.77. The third-order valence-electron chi connectivity index (χ3n) is 3.24. The minimum Gasteiger partial charge on any atom is -0.330 e. The first kappa shape index (κ1) is 13.7. The van der Waals surface area contributed by atoms with Gasteiger partial charge in [-0.25, -0.2) is 4.98 Å². The van der Waals surface area contributed by atoms with Crippen LogP contribution in [0.2, 0.25) is 0 Å². The molecular formula is C13H24N2S. The van der Waals surface area contributed by atoms with Gasteiger partial charge in [-0.1, -0.05) is 34.6 Å². The molecule has 1 heterocycles. The van der Waals surface area contributed by atoms with Gasteiger partial charge in [0.2, 0.25) is 0 Å². The summed E-state index contributed by atoms with van der Waals surface area (Å²) in [6.45, 7) is 11.8. The van der Waals surface area contributed by atoms with Gasteiger partial charge in [0.25, 0.3) is 0 Å². The van der Waals surface area contributed by atoms with E-state index in [-0.39, 0.29) is 10.8 Å². The number of nitrogens with zero attached hydrogens (tertiary/aromatic N) is 1. The quantitative estimate of drug-likeness (QED) is 0.876. The summed E-state index contributed by atoms with van der Waals surface area (Å²) in [5, 5.41) is 3.40. The molecular weight excluding hydrogens is 216 g/mol. The molecule has 0 saturated carbocycles. The standard InChI is InChI=1S/C13H24N2S/c1-6-13(5,9-14)7-11-15-10(8-16-11)12(2,3)4/h8H,6-7,9,14H2,1-5H3. The molecule has 0 aliphatic rings. The van der Waals surface area contributed by atoms with E-state index in [1.165, 1.54) is 10.7 Å². The van der Waals surface area contributed by atoms with Gasteiger partial charge in [0.1, 0.15) is 0 Å². The predicted molar refractivity (Wildman–Crippen MR) is 72.0 cm³/mol. The van der Waals surface area contributed by atoms with E-state index >= 15 is 0 Å². The van der Waals surface area contributed by atoms with E-state index in [1.807, 2.05) is 0 Å². The van der Waals surface area contributed by atoms with Crippen molar-refractivity contribution < 1.29 is 0 Å². The van der Waals surface area contributed by atoms with Crippen molar-refractivity contribution in [1.82, 2.24) is 4.98 Å². The summed E-state index contributed by atoms with van der Waals surface area (Å²) in [4.78, 5) is 4.73. The van der Waals surface area contributed by atoms with Gasteiger partial charge in [0, 0.05) is 17.2 Å². The Kier molecular flexibility index (Phi) is 4.13. The van der Waals surface area contributed by atoms with Gasteiger partial charge >= 0.3 is 0 Å². The van der Waals surface area contributed by atoms with Crippen molar-refractivity contribution in [2.75, 3.05) is 6.54 Å². The maximum absolute atomic E-state index is 5.83. The highest BCUT2D eigenvalue weighted by Gasteiger charge is 2.24. The normalized spacial score (nSPS) is 16.1. The highest BCUT2D eigenvalue weighted by Crippen LogP contribution is 2.29. The Hall–Kier alpha value is -0.410. The molecule has 1 unspecified atom stereocenters. The molecule has 92 valence electrons. The smallest absolute Gasteiger partial charge is 0.0934 e. The number of thiazole rings is 1. The summed E-state index contributed by atoms with van der Waals surface area (Å²) in [7, 11) is 0. The predicted octanol–water partition coefficient (Wildman–Crippen LogP) is 3.36. The SMILES string of the molecule is CCC(C)(CN)Cc1nc(C(C)(C)C)cs1. The van der Waals surface area contributed by atoms with E-state index in [4.69, 9.17) is 10.7 Å². The monoisotopic (exact) mass is 240 g/mol. The van der Waals surface area contributed by atoms with Gasteiger partial charge in [-0.2, -0.15) is 0 Å². The van der Waals surface area contributed by atoms with Crippen LogP contribution in [0.15, 0.2) is 5.38 Å². The third kappa shape index (κ3) is 3.29. The van der Waals surface area contributed by atoms with Gasteiger partial charge in [0.05, 0.1) is 10.7 Å². The number of rotatable bonds is 4. The second-order valence-electron chi connectivity index (χ2n) is 5.92. The van der Waals surface area contributed by atoms with Crippen molar-refractivity contribution >= 4 is 11.3 Å². The largest absolute Gasteiger partial charge is 0.330 e. The van der Waals surface area contributed by atoms with Crippen LogP contribution in [0.25, 0.3) is 0 Å². The van der Waals surface area contributed by atoms with Crippen molar-refractivity contribution in [3.05, 3.63) is 16.1 Å². The van der Waals surface area contributed by atoms with Crippen LogP contribution in [-0.4, -0.2) is 11.5 Å². The maximum Gasteiger partial charge on any atom is 0.0934 e. The molecule has 0 aliphatic heterocycles. The zero-order valence-electron chi connectivity index (χ0n) is 11.1. The Morgan fingerprint density at radius 2 is 1.94 bits per heavy atom.